The van der Waals surface area contributed by atoms with Crippen molar-refractivity contribution in [1.29, 1.82) is 5.26 Å². The lowest BCUT2D eigenvalue weighted by Gasteiger charge is -2.04. The molecule has 0 atom stereocenters. The molecule has 0 saturated heterocycles. The van der Waals surface area contributed by atoms with Crippen molar-refractivity contribution in [3.05, 3.63) is 71.4 Å². The van der Waals surface area contributed by atoms with Gasteiger partial charge in [-0.25, -0.2) is 0 Å². The van der Waals surface area contributed by atoms with E-state index in [4.69, 9.17) is 5.73 Å². The van der Waals surface area contributed by atoms with Gasteiger partial charge in [0.25, 0.3) is 0 Å². The van der Waals surface area contributed by atoms with Crippen molar-refractivity contribution in [3.63, 3.8) is 0 Å². The first-order valence-electron chi connectivity index (χ1n) is 7.11. The summed E-state index contributed by atoms with van der Waals surface area (Å²) in [5, 5.41) is 9.21. The van der Waals surface area contributed by atoms with E-state index in [0.717, 1.165) is 23.5 Å². The Morgan fingerprint density at radius 3 is 2.48 bits per heavy atom. The zero-order valence-electron chi connectivity index (χ0n) is 12.8. The number of nitrogens with zero attached hydrogens (tertiary/aromatic N) is 2. The van der Waals surface area contributed by atoms with Gasteiger partial charge in [-0.2, -0.15) is 9.83 Å². The largest absolute Gasteiger partial charge is 1.00 e. The highest BCUT2D eigenvalue weighted by molar-refractivity contribution is 5.69. The van der Waals surface area contributed by atoms with Gasteiger partial charge in [-0.3, -0.25) is 0 Å². The summed E-state index contributed by atoms with van der Waals surface area (Å²) in [5.74, 6) is 0.421. The number of pyridine rings is 1. The monoisotopic (exact) mass is 368 g/mol. The van der Waals surface area contributed by atoms with Crippen LogP contribution in [-0.2, 0) is 6.54 Å². The van der Waals surface area contributed by atoms with Crippen molar-refractivity contribution < 1.29 is 21.5 Å². The number of anilines is 1. The van der Waals surface area contributed by atoms with E-state index in [2.05, 4.69) is 27.8 Å². The summed E-state index contributed by atoms with van der Waals surface area (Å²) in [6.07, 6.45) is 2.03. The van der Waals surface area contributed by atoms with E-state index in [9.17, 15) is 5.26 Å². The summed E-state index contributed by atoms with van der Waals surface area (Å²) in [6, 6.07) is 18.4. The standard InChI is InChI=1S/C18H16N4.BrH/c1-13-15(11-19)18(20)21-17(13)16-9-5-6-10-22(16)12-14-7-3-2-4-8-14;/h2-10H,12H2,1H3,(H2,20,21);1H. The van der Waals surface area contributed by atoms with E-state index in [-0.39, 0.29) is 17.0 Å². The van der Waals surface area contributed by atoms with Crippen LogP contribution in [0.25, 0.3) is 11.4 Å². The fraction of sp³-hybridized carbons (Fsp3) is 0.111. The van der Waals surface area contributed by atoms with E-state index in [0.29, 0.717) is 11.4 Å². The van der Waals surface area contributed by atoms with Gasteiger partial charge in [0.15, 0.2) is 12.7 Å². The molecule has 0 radical (unpaired) electrons. The highest BCUT2D eigenvalue weighted by Gasteiger charge is 2.20. The summed E-state index contributed by atoms with van der Waals surface area (Å²) in [4.78, 5) is 3.14. The molecule has 0 aliphatic heterocycles. The minimum Gasteiger partial charge on any atom is -1.00 e. The molecule has 0 fully saturated rings. The molecule has 0 aliphatic rings. The number of aromatic amines is 1. The normalized spacial score (nSPS) is 9.91. The highest BCUT2D eigenvalue weighted by Crippen LogP contribution is 2.26. The van der Waals surface area contributed by atoms with Gasteiger partial charge < -0.3 is 27.7 Å². The maximum atomic E-state index is 9.21. The topological polar surface area (TPSA) is 69.5 Å². The number of rotatable bonds is 3. The molecule has 5 heteroatoms. The fourth-order valence-electron chi connectivity index (χ4n) is 2.64. The maximum Gasteiger partial charge on any atom is 0.229 e. The van der Waals surface area contributed by atoms with Gasteiger partial charge in [-0.1, -0.05) is 30.3 Å². The molecule has 0 amide bonds. The second-order valence-electron chi connectivity index (χ2n) is 5.22. The molecule has 23 heavy (non-hydrogen) atoms. The quantitative estimate of drug-likeness (QED) is 0.627. The Bertz CT molecular complexity index is 847. The molecule has 0 saturated carbocycles. The summed E-state index contributed by atoms with van der Waals surface area (Å²) in [6.45, 7) is 2.68. The Kier molecular flexibility index (Phi) is 5.20. The van der Waals surface area contributed by atoms with Crippen LogP contribution in [0, 0.1) is 18.3 Å². The molecule has 116 valence electrons. The number of benzene rings is 1. The van der Waals surface area contributed by atoms with Crippen LogP contribution in [0.2, 0.25) is 0 Å². The van der Waals surface area contributed by atoms with Crippen LogP contribution in [0.3, 0.4) is 0 Å². The van der Waals surface area contributed by atoms with Gasteiger partial charge in [0.05, 0.1) is 5.56 Å². The molecule has 3 N–H and O–H groups in total. The van der Waals surface area contributed by atoms with Crippen molar-refractivity contribution in [2.45, 2.75) is 13.5 Å². The van der Waals surface area contributed by atoms with Crippen LogP contribution in [0.1, 0.15) is 16.7 Å². The number of nitriles is 1. The third-order valence-electron chi connectivity index (χ3n) is 3.78. The van der Waals surface area contributed by atoms with Crippen molar-refractivity contribution >= 4 is 5.82 Å². The highest BCUT2D eigenvalue weighted by atomic mass is 79.9. The first-order chi connectivity index (χ1) is 10.7. The predicted molar refractivity (Wildman–Crippen MR) is 85.8 cm³/mol. The lowest BCUT2D eigenvalue weighted by atomic mass is 10.1. The molecule has 4 nitrogen and oxygen atoms in total. The molecule has 0 unspecified atom stereocenters. The zero-order chi connectivity index (χ0) is 15.5. The van der Waals surface area contributed by atoms with Gasteiger partial charge in [-0.05, 0) is 13.0 Å². The molecule has 0 aliphatic carbocycles. The molecule has 2 heterocycles. The van der Waals surface area contributed by atoms with Crippen molar-refractivity contribution in [2.75, 3.05) is 5.73 Å². The summed E-state index contributed by atoms with van der Waals surface area (Å²) >= 11 is 0. The summed E-state index contributed by atoms with van der Waals surface area (Å²) in [5.41, 5.74) is 10.4. The van der Waals surface area contributed by atoms with Crippen LogP contribution in [0.4, 0.5) is 5.82 Å². The third kappa shape index (κ3) is 3.27. The van der Waals surface area contributed by atoms with E-state index in [1.54, 1.807) is 0 Å². The van der Waals surface area contributed by atoms with Crippen LogP contribution in [-0.4, -0.2) is 4.98 Å². The first kappa shape index (κ1) is 16.8. The lowest BCUT2D eigenvalue weighted by molar-refractivity contribution is -0.677. The number of nitrogens with one attached hydrogen (secondary N) is 1. The Hall–Kier alpha value is -2.58. The minimum absolute atomic E-state index is 0. The van der Waals surface area contributed by atoms with Gasteiger partial charge in [0.1, 0.15) is 17.6 Å². The smallest absolute Gasteiger partial charge is 0.229 e. The molecule has 0 spiro atoms. The average Bonchev–Trinajstić information content (AvgIpc) is 2.83. The number of hydrogen-bond acceptors (Lipinski definition) is 2. The number of nitrogen functional groups attached to an aromatic ring is 1. The predicted octanol–water partition coefficient (Wildman–Crippen LogP) is -0.216. The van der Waals surface area contributed by atoms with Crippen LogP contribution >= 0.6 is 0 Å². The number of aromatic nitrogens is 2. The molecule has 3 rings (SSSR count). The van der Waals surface area contributed by atoms with Crippen molar-refractivity contribution in [2.24, 2.45) is 0 Å². The van der Waals surface area contributed by atoms with Gasteiger partial charge in [0, 0.05) is 23.3 Å². The second kappa shape index (κ2) is 7.12. The lowest BCUT2D eigenvalue weighted by Crippen LogP contribution is -3.00. The fourth-order valence-corrected chi connectivity index (χ4v) is 2.64. The molecule has 3 aromatic rings. The Morgan fingerprint density at radius 2 is 1.83 bits per heavy atom. The van der Waals surface area contributed by atoms with Crippen LogP contribution < -0.4 is 27.3 Å². The average molecular weight is 369 g/mol. The van der Waals surface area contributed by atoms with Crippen LogP contribution in [0.5, 0.6) is 0 Å². The molecular weight excluding hydrogens is 352 g/mol. The SMILES string of the molecule is Cc1c(-c2cccc[n+]2Cc2ccccc2)[nH]c(N)c1C#N.[Br-]. The zero-order valence-corrected chi connectivity index (χ0v) is 14.3. The van der Waals surface area contributed by atoms with Crippen molar-refractivity contribution in [1.82, 2.24) is 4.98 Å². The van der Waals surface area contributed by atoms with E-state index in [1.165, 1.54) is 5.56 Å². The third-order valence-corrected chi connectivity index (χ3v) is 3.78. The summed E-state index contributed by atoms with van der Waals surface area (Å²) in [7, 11) is 0. The Balaban J connectivity index is 0.00000192. The first-order valence-corrected chi connectivity index (χ1v) is 7.11. The molecule has 0 bridgehead atoms. The number of nitrogens with two attached hydrogens (primary N) is 1. The molecule has 1 aromatic carbocycles. The minimum atomic E-state index is 0. The van der Waals surface area contributed by atoms with E-state index < -0.39 is 0 Å². The van der Waals surface area contributed by atoms with Gasteiger partial charge in [-0.15, -0.1) is 0 Å². The maximum absolute atomic E-state index is 9.21. The van der Waals surface area contributed by atoms with E-state index >= 15 is 0 Å². The van der Waals surface area contributed by atoms with Crippen molar-refractivity contribution in [3.8, 4) is 17.5 Å². The number of H-pyrrole nitrogens is 1. The van der Waals surface area contributed by atoms with Gasteiger partial charge in [0.2, 0.25) is 5.69 Å². The Labute approximate surface area is 146 Å². The van der Waals surface area contributed by atoms with Gasteiger partial charge >= 0.3 is 0 Å². The van der Waals surface area contributed by atoms with E-state index in [1.807, 2.05) is 49.5 Å². The number of halogens is 1. The summed E-state index contributed by atoms with van der Waals surface area (Å²) < 4.78 is 2.15. The second-order valence-corrected chi connectivity index (χ2v) is 5.22. The van der Waals surface area contributed by atoms with Crippen LogP contribution in [0.15, 0.2) is 54.7 Å². The number of hydrogen-bond donors (Lipinski definition) is 2. The molecule has 2 aromatic heterocycles. The molecular formula is C18H17BrN4. The Morgan fingerprint density at radius 1 is 1.13 bits per heavy atom.